The highest BCUT2D eigenvalue weighted by molar-refractivity contribution is 9.11. The van der Waals surface area contributed by atoms with Crippen LogP contribution in [0.2, 0.25) is 5.02 Å². The second-order valence-corrected chi connectivity index (χ2v) is 7.62. The van der Waals surface area contributed by atoms with Gasteiger partial charge in [-0.15, -0.1) is 11.3 Å². The molecule has 0 fully saturated rings. The molecule has 2 rings (SSSR count). The zero-order valence-electron chi connectivity index (χ0n) is 10.0. The van der Waals surface area contributed by atoms with Crippen molar-refractivity contribution in [2.75, 3.05) is 6.54 Å². The Morgan fingerprint density at radius 2 is 2.05 bits per heavy atom. The quantitative estimate of drug-likeness (QED) is 0.612. The highest BCUT2D eigenvalue weighted by Gasteiger charge is 2.21. The topological polar surface area (TPSA) is 12.0 Å². The van der Waals surface area contributed by atoms with Crippen LogP contribution in [0.4, 0.5) is 4.39 Å². The predicted octanol–water partition coefficient (Wildman–Crippen LogP) is 5.76. The van der Waals surface area contributed by atoms with E-state index in [1.807, 2.05) is 19.1 Å². The van der Waals surface area contributed by atoms with E-state index in [9.17, 15) is 4.39 Å². The van der Waals surface area contributed by atoms with Crippen LogP contribution >= 0.6 is 54.8 Å². The third-order valence-electron chi connectivity index (χ3n) is 2.66. The molecular formula is C13H11Br2ClFNS. The maximum atomic E-state index is 14.3. The molecule has 102 valence electrons. The second kappa shape index (κ2) is 6.68. The first kappa shape index (κ1) is 15.4. The minimum Gasteiger partial charge on any atom is -0.306 e. The standard InChI is InChI=1S/C13H11Br2ClFNS/c1-2-18-13(9-5-6-10(15)19-9)7-3-4-8(14)11(16)12(7)17/h3-6,13,18H,2H2,1H3. The van der Waals surface area contributed by atoms with Gasteiger partial charge >= 0.3 is 0 Å². The van der Waals surface area contributed by atoms with Gasteiger partial charge in [0.05, 0.1) is 14.9 Å². The zero-order chi connectivity index (χ0) is 14.0. The summed E-state index contributed by atoms with van der Waals surface area (Å²) in [6.45, 7) is 2.74. The summed E-state index contributed by atoms with van der Waals surface area (Å²) < 4.78 is 15.9. The van der Waals surface area contributed by atoms with E-state index in [1.54, 1.807) is 23.5 Å². The average molecular weight is 428 g/mol. The van der Waals surface area contributed by atoms with Gasteiger partial charge < -0.3 is 5.32 Å². The Labute approximate surface area is 137 Å². The summed E-state index contributed by atoms with van der Waals surface area (Å²) in [6, 6.07) is 7.28. The van der Waals surface area contributed by atoms with E-state index in [-0.39, 0.29) is 16.9 Å². The van der Waals surface area contributed by atoms with Crippen molar-refractivity contribution in [1.29, 1.82) is 0 Å². The molecule has 0 aliphatic rings. The highest BCUT2D eigenvalue weighted by Crippen LogP contribution is 2.36. The van der Waals surface area contributed by atoms with E-state index in [0.29, 0.717) is 10.0 Å². The van der Waals surface area contributed by atoms with Crippen molar-refractivity contribution in [2.24, 2.45) is 0 Å². The Balaban J connectivity index is 2.48. The molecule has 0 amide bonds. The fourth-order valence-corrected chi connectivity index (χ4v) is 3.81. The molecule has 0 spiro atoms. The molecular weight excluding hydrogens is 416 g/mol. The number of rotatable bonds is 4. The minimum atomic E-state index is -0.383. The van der Waals surface area contributed by atoms with Crippen molar-refractivity contribution in [3.8, 4) is 0 Å². The first-order valence-electron chi connectivity index (χ1n) is 5.66. The van der Waals surface area contributed by atoms with Crippen molar-refractivity contribution < 1.29 is 4.39 Å². The molecule has 1 aromatic heterocycles. The number of benzene rings is 1. The summed E-state index contributed by atoms with van der Waals surface area (Å²) in [5.74, 6) is -0.383. The van der Waals surface area contributed by atoms with Crippen LogP contribution in [0.5, 0.6) is 0 Å². The van der Waals surface area contributed by atoms with Gasteiger partial charge in [-0.3, -0.25) is 0 Å². The Morgan fingerprint density at radius 1 is 1.32 bits per heavy atom. The summed E-state index contributed by atoms with van der Waals surface area (Å²) in [7, 11) is 0. The van der Waals surface area contributed by atoms with Gasteiger partial charge in [0.25, 0.3) is 0 Å². The van der Waals surface area contributed by atoms with Gasteiger partial charge in [-0.05, 0) is 56.6 Å². The van der Waals surface area contributed by atoms with Crippen molar-refractivity contribution in [1.82, 2.24) is 5.32 Å². The first-order valence-corrected chi connectivity index (χ1v) is 8.44. The average Bonchev–Trinajstić information content (AvgIpc) is 2.81. The third-order valence-corrected chi connectivity index (χ3v) is 5.61. The lowest BCUT2D eigenvalue weighted by molar-refractivity contribution is 0.563. The molecule has 0 aliphatic heterocycles. The summed E-state index contributed by atoms with van der Waals surface area (Å²) in [4.78, 5) is 1.05. The summed E-state index contributed by atoms with van der Waals surface area (Å²) >= 11 is 14.2. The smallest absolute Gasteiger partial charge is 0.148 e. The maximum absolute atomic E-state index is 14.3. The summed E-state index contributed by atoms with van der Waals surface area (Å²) in [5.41, 5.74) is 0.560. The van der Waals surface area contributed by atoms with Gasteiger partial charge in [-0.1, -0.05) is 24.6 Å². The molecule has 1 unspecified atom stereocenters. The Morgan fingerprint density at radius 3 is 2.63 bits per heavy atom. The molecule has 0 saturated carbocycles. The third kappa shape index (κ3) is 3.39. The molecule has 19 heavy (non-hydrogen) atoms. The van der Waals surface area contributed by atoms with Gasteiger partial charge in [0.2, 0.25) is 0 Å². The minimum absolute atomic E-state index is 0.121. The number of hydrogen-bond acceptors (Lipinski definition) is 2. The highest BCUT2D eigenvalue weighted by atomic mass is 79.9. The lowest BCUT2D eigenvalue weighted by Crippen LogP contribution is -2.22. The number of nitrogens with one attached hydrogen (secondary N) is 1. The summed E-state index contributed by atoms with van der Waals surface area (Å²) in [6.07, 6.45) is 0. The molecule has 1 aromatic carbocycles. The van der Waals surface area contributed by atoms with Crippen LogP contribution in [0.15, 0.2) is 32.5 Å². The van der Waals surface area contributed by atoms with Gasteiger partial charge in [0.15, 0.2) is 0 Å². The lowest BCUT2D eigenvalue weighted by atomic mass is 10.0. The second-order valence-electron chi connectivity index (χ2n) is 3.90. The van der Waals surface area contributed by atoms with E-state index in [4.69, 9.17) is 11.6 Å². The molecule has 0 bridgehead atoms. The number of halogens is 4. The molecule has 0 radical (unpaired) electrons. The lowest BCUT2D eigenvalue weighted by Gasteiger charge is -2.18. The van der Waals surface area contributed by atoms with Gasteiger partial charge in [-0.25, -0.2) is 4.39 Å². The van der Waals surface area contributed by atoms with E-state index >= 15 is 0 Å². The van der Waals surface area contributed by atoms with Gasteiger partial charge in [0, 0.05) is 14.9 Å². The van der Waals surface area contributed by atoms with Crippen LogP contribution < -0.4 is 5.32 Å². The maximum Gasteiger partial charge on any atom is 0.148 e. The Kier molecular flexibility index (Phi) is 5.43. The van der Waals surface area contributed by atoms with Crippen molar-refractivity contribution in [3.63, 3.8) is 0 Å². The van der Waals surface area contributed by atoms with Crippen LogP contribution in [0.1, 0.15) is 23.4 Å². The molecule has 1 nitrogen and oxygen atoms in total. The summed E-state index contributed by atoms with van der Waals surface area (Å²) in [5, 5.41) is 3.41. The predicted molar refractivity (Wildman–Crippen MR) is 86.6 cm³/mol. The van der Waals surface area contributed by atoms with E-state index in [1.165, 1.54) is 0 Å². The molecule has 2 aromatic rings. The van der Waals surface area contributed by atoms with Crippen LogP contribution in [-0.2, 0) is 0 Å². The largest absolute Gasteiger partial charge is 0.306 e. The van der Waals surface area contributed by atoms with Crippen molar-refractivity contribution in [3.05, 3.63) is 53.8 Å². The van der Waals surface area contributed by atoms with E-state index in [2.05, 4.69) is 37.2 Å². The number of thiophene rings is 1. The normalized spacial score (nSPS) is 12.7. The van der Waals surface area contributed by atoms with Crippen molar-refractivity contribution >= 4 is 54.8 Å². The van der Waals surface area contributed by atoms with Crippen LogP contribution in [0, 0.1) is 5.82 Å². The first-order chi connectivity index (χ1) is 9.04. The molecule has 1 heterocycles. The Bertz CT molecular complexity index is 588. The SMILES string of the molecule is CCNC(c1ccc(Br)s1)c1ccc(Br)c(Cl)c1F. The van der Waals surface area contributed by atoms with Gasteiger partial charge in [-0.2, -0.15) is 0 Å². The Hall–Kier alpha value is 0.0600. The molecule has 0 saturated heterocycles. The number of hydrogen-bond donors (Lipinski definition) is 1. The van der Waals surface area contributed by atoms with E-state index in [0.717, 1.165) is 15.2 Å². The monoisotopic (exact) mass is 425 g/mol. The fraction of sp³-hybridized carbons (Fsp3) is 0.231. The fourth-order valence-electron chi connectivity index (χ4n) is 1.82. The molecule has 1 atom stereocenters. The molecule has 6 heteroatoms. The van der Waals surface area contributed by atoms with Crippen molar-refractivity contribution in [2.45, 2.75) is 13.0 Å². The van der Waals surface area contributed by atoms with Gasteiger partial charge in [0.1, 0.15) is 5.82 Å². The van der Waals surface area contributed by atoms with E-state index < -0.39 is 0 Å². The molecule has 1 N–H and O–H groups in total. The molecule has 0 aliphatic carbocycles. The van der Waals surface area contributed by atoms with Crippen LogP contribution in [-0.4, -0.2) is 6.54 Å². The van der Waals surface area contributed by atoms with Crippen LogP contribution in [0.25, 0.3) is 0 Å². The van der Waals surface area contributed by atoms with Crippen LogP contribution in [0.3, 0.4) is 0 Å². The zero-order valence-corrected chi connectivity index (χ0v) is 14.8.